The van der Waals surface area contributed by atoms with Gasteiger partial charge in [0.25, 0.3) is 5.91 Å². The van der Waals surface area contributed by atoms with Crippen molar-refractivity contribution in [1.29, 1.82) is 0 Å². The van der Waals surface area contributed by atoms with Gasteiger partial charge in [-0.2, -0.15) is 0 Å². The van der Waals surface area contributed by atoms with E-state index in [0.717, 1.165) is 11.3 Å². The number of amides is 1. The molecule has 2 atom stereocenters. The second kappa shape index (κ2) is 6.90. The molecule has 4 nitrogen and oxygen atoms in total. The van der Waals surface area contributed by atoms with E-state index in [4.69, 9.17) is 10.5 Å². The fourth-order valence-electron chi connectivity index (χ4n) is 1.97. The molecule has 1 amide bonds. The van der Waals surface area contributed by atoms with Crippen molar-refractivity contribution in [3.05, 3.63) is 60.2 Å². The Bertz CT molecular complexity index is 597. The van der Waals surface area contributed by atoms with Crippen LogP contribution < -0.4 is 15.8 Å². The zero-order valence-electron chi connectivity index (χ0n) is 12.2. The molecular weight excluding hydrogens is 264 g/mol. The lowest BCUT2D eigenvalue weighted by molar-refractivity contribution is -0.122. The molecule has 0 radical (unpaired) electrons. The maximum absolute atomic E-state index is 12.1. The van der Waals surface area contributed by atoms with Crippen molar-refractivity contribution in [3.63, 3.8) is 0 Å². The van der Waals surface area contributed by atoms with Crippen molar-refractivity contribution in [3.8, 4) is 5.75 Å². The van der Waals surface area contributed by atoms with E-state index in [0.29, 0.717) is 5.75 Å². The minimum Gasteiger partial charge on any atom is -0.481 e. The van der Waals surface area contributed by atoms with Gasteiger partial charge in [-0.15, -0.1) is 0 Å². The van der Waals surface area contributed by atoms with E-state index < -0.39 is 6.10 Å². The number of ether oxygens (including phenoxy) is 1. The van der Waals surface area contributed by atoms with Crippen molar-refractivity contribution in [2.45, 2.75) is 26.0 Å². The number of nitrogens with one attached hydrogen (secondary N) is 1. The van der Waals surface area contributed by atoms with Crippen molar-refractivity contribution < 1.29 is 9.53 Å². The molecule has 0 saturated carbocycles. The van der Waals surface area contributed by atoms with Gasteiger partial charge in [-0.3, -0.25) is 4.79 Å². The molecule has 0 aliphatic rings. The third kappa shape index (κ3) is 4.07. The Morgan fingerprint density at radius 3 is 2.33 bits per heavy atom. The number of benzene rings is 2. The standard InChI is InChI=1S/C17H20N2O2/c1-12(18)15-10-6-7-11-16(15)21-13(2)17(20)19-14-8-4-3-5-9-14/h3-13H,18H2,1-2H3,(H,19,20)/t12-,13?/m0/s1. The van der Waals surface area contributed by atoms with Crippen LogP contribution in [-0.2, 0) is 4.79 Å². The summed E-state index contributed by atoms with van der Waals surface area (Å²) in [5, 5.41) is 2.82. The maximum atomic E-state index is 12.1. The number of hydrogen-bond acceptors (Lipinski definition) is 3. The molecule has 0 fully saturated rings. The Morgan fingerprint density at radius 2 is 1.67 bits per heavy atom. The first-order valence-electron chi connectivity index (χ1n) is 6.95. The van der Waals surface area contributed by atoms with Gasteiger partial charge in [0.05, 0.1) is 0 Å². The van der Waals surface area contributed by atoms with Crippen LogP contribution in [0.3, 0.4) is 0 Å². The maximum Gasteiger partial charge on any atom is 0.265 e. The molecule has 110 valence electrons. The molecule has 2 aromatic rings. The SMILES string of the molecule is CC(Oc1ccccc1[C@H](C)N)C(=O)Nc1ccccc1. The van der Waals surface area contributed by atoms with Gasteiger partial charge in [-0.05, 0) is 32.0 Å². The number of carbonyl (C=O) groups excluding carboxylic acids is 1. The summed E-state index contributed by atoms with van der Waals surface area (Å²) in [5.41, 5.74) is 7.54. The van der Waals surface area contributed by atoms with Crippen LogP contribution in [0, 0.1) is 0 Å². The molecule has 0 heterocycles. The third-order valence-electron chi connectivity index (χ3n) is 3.12. The van der Waals surface area contributed by atoms with E-state index in [-0.39, 0.29) is 11.9 Å². The summed E-state index contributed by atoms with van der Waals surface area (Å²) in [6, 6.07) is 16.6. The van der Waals surface area contributed by atoms with Crippen LogP contribution in [0.1, 0.15) is 25.5 Å². The van der Waals surface area contributed by atoms with E-state index in [9.17, 15) is 4.79 Å². The van der Waals surface area contributed by atoms with Gasteiger partial charge in [0, 0.05) is 17.3 Å². The Balaban J connectivity index is 2.04. The monoisotopic (exact) mass is 284 g/mol. The Hall–Kier alpha value is -2.33. The van der Waals surface area contributed by atoms with Crippen molar-refractivity contribution in [1.82, 2.24) is 0 Å². The number of para-hydroxylation sites is 2. The average molecular weight is 284 g/mol. The van der Waals surface area contributed by atoms with Crippen LogP contribution in [0.15, 0.2) is 54.6 Å². The predicted octanol–water partition coefficient (Wildman–Crippen LogP) is 3.11. The summed E-state index contributed by atoms with van der Waals surface area (Å²) in [6.45, 7) is 3.60. The van der Waals surface area contributed by atoms with Crippen LogP contribution in [-0.4, -0.2) is 12.0 Å². The number of anilines is 1. The van der Waals surface area contributed by atoms with E-state index in [2.05, 4.69) is 5.32 Å². The second-order valence-corrected chi connectivity index (χ2v) is 4.94. The van der Waals surface area contributed by atoms with E-state index in [1.54, 1.807) is 6.92 Å². The normalized spacial score (nSPS) is 13.3. The highest BCUT2D eigenvalue weighted by Gasteiger charge is 2.17. The molecular formula is C17H20N2O2. The fourth-order valence-corrected chi connectivity index (χ4v) is 1.97. The number of nitrogens with two attached hydrogens (primary N) is 1. The molecule has 0 spiro atoms. The van der Waals surface area contributed by atoms with Gasteiger partial charge < -0.3 is 15.8 Å². The van der Waals surface area contributed by atoms with Gasteiger partial charge in [0.15, 0.2) is 6.10 Å². The largest absolute Gasteiger partial charge is 0.481 e. The summed E-state index contributed by atoms with van der Waals surface area (Å²) < 4.78 is 5.75. The Kier molecular flexibility index (Phi) is 4.95. The van der Waals surface area contributed by atoms with Gasteiger partial charge >= 0.3 is 0 Å². The minimum absolute atomic E-state index is 0.148. The summed E-state index contributed by atoms with van der Waals surface area (Å²) in [6.07, 6.45) is -0.606. The highest BCUT2D eigenvalue weighted by atomic mass is 16.5. The number of rotatable bonds is 5. The molecule has 0 aliphatic heterocycles. The molecule has 2 rings (SSSR count). The topological polar surface area (TPSA) is 64.3 Å². The van der Waals surface area contributed by atoms with Gasteiger partial charge in [0.1, 0.15) is 5.75 Å². The highest BCUT2D eigenvalue weighted by molar-refractivity contribution is 5.94. The molecule has 0 bridgehead atoms. The molecule has 3 N–H and O–H groups in total. The third-order valence-corrected chi connectivity index (χ3v) is 3.12. The molecule has 21 heavy (non-hydrogen) atoms. The van der Waals surface area contributed by atoms with E-state index in [1.165, 1.54) is 0 Å². The first-order chi connectivity index (χ1) is 10.1. The van der Waals surface area contributed by atoms with E-state index in [1.807, 2.05) is 61.5 Å². The quantitative estimate of drug-likeness (QED) is 0.886. The number of carbonyl (C=O) groups is 1. The second-order valence-electron chi connectivity index (χ2n) is 4.94. The smallest absolute Gasteiger partial charge is 0.265 e. The lowest BCUT2D eigenvalue weighted by Gasteiger charge is -2.18. The molecule has 1 unspecified atom stereocenters. The zero-order chi connectivity index (χ0) is 15.2. The molecule has 0 aromatic heterocycles. The average Bonchev–Trinajstić information content (AvgIpc) is 2.48. The van der Waals surface area contributed by atoms with Gasteiger partial charge in [-0.1, -0.05) is 36.4 Å². The Labute approximate surface area is 124 Å². The molecule has 0 aliphatic carbocycles. The number of hydrogen-bond donors (Lipinski definition) is 2. The molecule has 2 aromatic carbocycles. The van der Waals surface area contributed by atoms with Crippen molar-refractivity contribution in [2.24, 2.45) is 5.73 Å². The van der Waals surface area contributed by atoms with Crippen LogP contribution in [0.4, 0.5) is 5.69 Å². The van der Waals surface area contributed by atoms with Crippen molar-refractivity contribution >= 4 is 11.6 Å². The predicted molar refractivity (Wildman–Crippen MR) is 84.2 cm³/mol. The summed E-state index contributed by atoms with van der Waals surface area (Å²) in [7, 11) is 0. The van der Waals surface area contributed by atoms with Crippen molar-refractivity contribution in [2.75, 3.05) is 5.32 Å². The van der Waals surface area contributed by atoms with Crippen LogP contribution >= 0.6 is 0 Å². The highest BCUT2D eigenvalue weighted by Crippen LogP contribution is 2.24. The fraction of sp³-hybridized carbons (Fsp3) is 0.235. The van der Waals surface area contributed by atoms with Crippen LogP contribution in [0.2, 0.25) is 0 Å². The summed E-state index contributed by atoms with van der Waals surface area (Å²) in [4.78, 5) is 12.1. The molecule has 0 saturated heterocycles. The molecule has 4 heteroatoms. The lowest BCUT2D eigenvalue weighted by Crippen LogP contribution is -2.30. The zero-order valence-corrected chi connectivity index (χ0v) is 12.2. The first-order valence-corrected chi connectivity index (χ1v) is 6.95. The van der Waals surface area contributed by atoms with Crippen LogP contribution in [0.25, 0.3) is 0 Å². The lowest BCUT2D eigenvalue weighted by atomic mass is 10.1. The summed E-state index contributed by atoms with van der Waals surface area (Å²) >= 11 is 0. The van der Waals surface area contributed by atoms with Crippen LogP contribution in [0.5, 0.6) is 5.75 Å². The summed E-state index contributed by atoms with van der Waals surface area (Å²) in [5.74, 6) is 0.448. The minimum atomic E-state index is -0.606. The van der Waals surface area contributed by atoms with Gasteiger partial charge in [-0.25, -0.2) is 0 Å². The van der Waals surface area contributed by atoms with E-state index >= 15 is 0 Å². The van der Waals surface area contributed by atoms with Gasteiger partial charge in [0.2, 0.25) is 0 Å². The Morgan fingerprint density at radius 1 is 1.05 bits per heavy atom. The first kappa shape index (κ1) is 15.1.